The maximum Gasteiger partial charge on any atom is 0.360 e. The summed E-state index contributed by atoms with van der Waals surface area (Å²) in [5, 5.41) is 1.62. The van der Waals surface area contributed by atoms with Crippen molar-refractivity contribution in [2.45, 2.75) is 25.3 Å². The molecule has 3 aromatic carbocycles. The third kappa shape index (κ3) is 4.16. The Labute approximate surface area is 215 Å². The van der Waals surface area contributed by atoms with Gasteiger partial charge >= 0.3 is 7.60 Å². The highest BCUT2D eigenvalue weighted by atomic mass is 31.2. The van der Waals surface area contributed by atoms with Gasteiger partial charge < -0.3 is 18.4 Å². The third-order valence-corrected chi connectivity index (χ3v) is 9.29. The number of fused-ring (bicyclic) bond motifs is 2. The van der Waals surface area contributed by atoms with E-state index in [0.717, 1.165) is 46.1 Å². The topological polar surface area (TPSA) is 62.1 Å². The van der Waals surface area contributed by atoms with Crippen molar-refractivity contribution in [3.63, 3.8) is 0 Å². The van der Waals surface area contributed by atoms with Gasteiger partial charge in [-0.15, -0.1) is 0 Å². The van der Waals surface area contributed by atoms with Crippen LogP contribution in [0.25, 0.3) is 27.7 Å². The van der Waals surface area contributed by atoms with Crippen molar-refractivity contribution >= 4 is 30.0 Å². The van der Waals surface area contributed by atoms with Crippen LogP contribution in [0.15, 0.2) is 65.7 Å². The third-order valence-electron chi connectivity index (χ3n) is 7.40. The monoisotopic (exact) mass is 518 g/mol. The number of aliphatic imine (C=N–C) groups is 1. The first kappa shape index (κ1) is 24.3. The number of hydrogen-bond acceptors (Lipinski definition) is 5. The molecule has 0 aliphatic carbocycles. The standard InChI is InChI=1S/C29H28FN2O4P/c1-34-37(33,35-2)25-9-3-19(4-10-25)28-26-15-21-17-31-18-22(21)16-27(26)32(24-7-5-23(30)6-8-24)29(28)20-11-13-36-14-12-20/h3-10,15-16,18,20H,11-14,17H2,1-2H3. The molecular weight excluding hydrogens is 490 g/mol. The molecule has 0 amide bonds. The molecule has 0 spiro atoms. The van der Waals surface area contributed by atoms with Crippen molar-refractivity contribution in [3.8, 4) is 16.8 Å². The second kappa shape index (κ2) is 9.66. The number of halogens is 1. The van der Waals surface area contributed by atoms with Gasteiger partial charge in [0.25, 0.3) is 0 Å². The lowest BCUT2D eigenvalue weighted by Gasteiger charge is -2.26. The summed E-state index contributed by atoms with van der Waals surface area (Å²) >= 11 is 0. The number of aromatic nitrogens is 1. The maximum absolute atomic E-state index is 13.9. The molecule has 0 atom stereocenters. The van der Waals surface area contributed by atoms with E-state index in [1.807, 2.05) is 42.6 Å². The molecule has 0 N–H and O–H groups in total. The molecule has 0 saturated carbocycles. The SMILES string of the molecule is COP(=O)(OC)c1ccc(-c2c(C3CCOCC3)n(-c3ccc(F)cc3)c3cc4c(cc23)CN=C4)cc1. The Morgan fingerprint density at radius 3 is 2.38 bits per heavy atom. The van der Waals surface area contributed by atoms with Crippen LogP contribution in [0.3, 0.4) is 0 Å². The molecule has 6 nitrogen and oxygen atoms in total. The van der Waals surface area contributed by atoms with Crippen LogP contribution in [0.5, 0.6) is 0 Å². The zero-order valence-electron chi connectivity index (χ0n) is 20.8. The highest BCUT2D eigenvalue weighted by Crippen LogP contribution is 2.47. The Hall–Kier alpha value is -3.09. The van der Waals surface area contributed by atoms with E-state index < -0.39 is 7.60 Å². The van der Waals surface area contributed by atoms with Crippen molar-refractivity contribution < 1.29 is 22.7 Å². The fourth-order valence-corrected chi connectivity index (χ4v) is 6.62. The smallest absolute Gasteiger partial charge is 0.360 e. The highest BCUT2D eigenvalue weighted by Gasteiger charge is 2.30. The molecule has 4 aromatic rings. The van der Waals surface area contributed by atoms with Gasteiger partial charge in [0.1, 0.15) is 5.82 Å². The largest absolute Gasteiger partial charge is 0.381 e. The van der Waals surface area contributed by atoms with Crippen molar-refractivity contribution in [2.75, 3.05) is 27.4 Å². The van der Waals surface area contributed by atoms with E-state index in [9.17, 15) is 8.96 Å². The quantitative estimate of drug-likeness (QED) is 0.278. The van der Waals surface area contributed by atoms with Gasteiger partial charge in [0.2, 0.25) is 0 Å². The summed E-state index contributed by atoms with van der Waals surface area (Å²) in [7, 11) is -0.585. The Balaban J connectivity index is 1.64. The van der Waals surface area contributed by atoms with E-state index in [1.165, 1.54) is 37.6 Å². The van der Waals surface area contributed by atoms with Crippen LogP contribution in [-0.4, -0.2) is 38.2 Å². The average molecular weight is 519 g/mol. The molecular formula is C29H28FN2O4P. The molecule has 8 heteroatoms. The van der Waals surface area contributed by atoms with E-state index >= 15 is 0 Å². The zero-order valence-corrected chi connectivity index (χ0v) is 21.7. The predicted molar refractivity (Wildman–Crippen MR) is 144 cm³/mol. The fraction of sp³-hybridized carbons (Fsp3) is 0.276. The van der Waals surface area contributed by atoms with Crippen molar-refractivity contribution in [1.29, 1.82) is 0 Å². The number of ether oxygens (including phenoxy) is 1. The second-order valence-electron chi connectivity index (χ2n) is 9.41. The summed E-state index contributed by atoms with van der Waals surface area (Å²) < 4.78 is 45.3. The predicted octanol–water partition coefficient (Wildman–Crippen LogP) is 6.37. The van der Waals surface area contributed by atoms with E-state index in [0.29, 0.717) is 25.1 Å². The van der Waals surface area contributed by atoms with Crippen LogP contribution in [0.4, 0.5) is 4.39 Å². The van der Waals surface area contributed by atoms with E-state index in [-0.39, 0.29) is 11.7 Å². The van der Waals surface area contributed by atoms with Gasteiger partial charge in [-0.3, -0.25) is 9.56 Å². The first-order chi connectivity index (χ1) is 18.0. The molecule has 2 aliphatic rings. The molecule has 0 bridgehead atoms. The maximum atomic E-state index is 13.9. The van der Waals surface area contributed by atoms with Gasteiger partial charge in [-0.1, -0.05) is 12.1 Å². The van der Waals surface area contributed by atoms with Crippen LogP contribution >= 0.6 is 7.60 Å². The normalized spacial score (nSPS) is 16.0. The van der Waals surface area contributed by atoms with E-state index in [2.05, 4.69) is 21.7 Å². The number of rotatable bonds is 6. The summed E-state index contributed by atoms with van der Waals surface area (Å²) in [6.07, 6.45) is 3.71. The summed E-state index contributed by atoms with van der Waals surface area (Å²) in [4.78, 5) is 4.48. The Bertz CT molecular complexity index is 1530. The lowest BCUT2D eigenvalue weighted by Crippen LogP contribution is -2.17. The van der Waals surface area contributed by atoms with E-state index in [1.54, 1.807) is 0 Å². The average Bonchev–Trinajstić information content (AvgIpc) is 3.54. The minimum atomic E-state index is -3.36. The van der Waals surface area contributed by atoms with Crippen LogP contribution in [0.1, 0.15) is 35.6 Å². The van der Waals surface area contributed by atoms with Gasteiger partial charge in [0.15, 0.2) is 0 Å². The summed E-state index contributed by atoms with van der Waals surface area (Å²) in [5.41, 5.74) is 7.57. The Morgan fingerprint density at radius 2 is 1.70 bits per heavy atom. The number of hydrogen-bond donors (Lipinski definition) is 0. The summed E-state index contributed by atoms with van der Waals surface area (Å²) in [6, 6.07) is 18.7. The number of nitrogens with zero attached hydrogens (tertiary/aromatic N) is 2. The van der Waals surface area contributed by atoms with Crippen LogP contribution in [0, 0.1) is 5.82 Å². The first-order valence-corrected chi connectivity index (χ1v) is 13.9. The fourth-order valence-electron chi connectivity index (χ4n) is 5.54. The molecule has 1 fully saturated rings. The minimum Gasteiger partial charge on any atom is -0.381 e. The van der Waals surface area contributed by atoms with Crippen LogP contribution in [-0.2, 0) is 24.9 Å². The van der Waals surface area contributed by atoms with Gasteiger partial charge in [-0.05, 0) is 78.1 Å². The van der Waals surface area contributed by atoms with Crippen molar-refractivity contribution in [3.05, 3.63) is 83.3 Å². The van der Waals surface area contributed by atoms with Gasteiger partial charge in [-0.2, -0.15) is 0 Å². The summed E-state index contributed by atoms with van der Waals surface area (Å²) in [6.45, 7) is 2.05. The Kier molecular flexibility index (Phi) is 6.33. The highest BCUT2D eigenvalue weighted by molar-refractivity contribution is 7.62. The molecule has 1 aromatic heterocycles. The lowest BCUT2D eigenvalue weighted by atomic mass is 9.89. The van der Waals surface area contributed by atoms with Crippen molar-refractivity contribution in [1.82, 2.24) is 4.57 Å². The van der Waals surface area contributed by atoms with Crippen molar-refractivity contribution in [2.24, 2.45) is 4.99 Å². The lowest BCUT2D eigenvalue weighted by molar-refractivity contribution is 0.0843. The van der Waals surface area contributed by atoms with Crippen LogP contribution in [0.2, 0.25) is 0 Å². The Morgan fingerprint density at radius 1 is 1.00 bits per heavy atom. The van der Waals surface area contributed by atoms with E-state index in [4.69, 9.17) is 13.8 Å². The van der Waals surface area contributed by atoms with Gasteiger partial charge in [0.05, 0.1) is 17.4 Å². The molecule has 0 unspecified atom stereocenters. The second-order valence-corrected chi connectivity index (χ2v) is 11.6. The zero-order chi connectivity index (χ0) is 25.6. The summed E-state index contributed by atoms with van der Waals surface area (Å²) in [5.74, 6) is -0.00850. The molecule has 190 valence electrons. The first-order valence-electron chi connectivity index (χ1n) is 12.4. The molecule has 0 radical (unpaired) electrons. The minimum absolute atomic E-state index is 0.258. The number of benzene rings is 3. The molecule has 1 saturated heterocycles. The van der Waals surface area contributed by atoms with Crippen LogP contribution < -0.4 is 5.30 Å². The van der Waals surface area contributed by atoms with Gasteiger partial charge in [-0.25, -0.2) is 4.39 Å². The molecule has 6 rings (SSSR count). The molecule has 3 heterocycles. The molecule has 2 aliphatic heterocycles. The van der Waals surface area contributed by atoms with Gasteiger partial charge in [0, 0.05) is 61.9 Å². The molecule has 37 heavy (non-hydrogen) atoms.